The van der Waals surface area contributed by atoms with Crippen molar-refractivity contribution in [1.29, 1.82) is 0 Å². The van der Waals surface area contributed by atoms with Crippen molar-refractivity contribution < 1.29 is 15.0 Å². The van der Waals surface area contributed by atoms with Crippen LogP contribution >= 0.6 is 0 Å². The molecule has 0 spiro atoms. The first kappa shape index (κ1) is 12.7. The highest BCUT2D eigenvalue weighted by Gasteiger charge is 2.11. The Morgan fingerprint density at radius 2 is 2.00 bits per heavy atom. The molecule has 16 heavy (non-hydrogen) atoms. The van der Waals surface area contributed by atoms with Crippen LogP contribution < -0.4 is 5.32 Å². The van der Waals surface area contributed by atoms with E-state index in [1.54, 1.807) is 0 Å². The molecule has 1 rings (SSSR count). The summed E-state index contributed by atoms with van der Waals surface area (Å²) in [6.45, 7) is 2.26. The summed E-state index contributed by atoms with van der Waals surface area (Å²) < 4.78 is 0. The van der Waals surface area contributed by atoms with Gasteiger partial charge in [-0.25, -0.2) is 0 Å². The lowest BCUT2D eigenvalue weighted by Gasteiger charge is -2.16. The van der Waals surface area contributed by atoms with Crippen molar-refractivity contribution in [2.24, 2.45) is 0 Å². The minimum Gasteiger partial charge on any atom is -0.481 e. The van der Waals surface area contributed by atoms with Gasteiger partial charge in [0.15, 0.2) is 0 Å². The molecule has 88 valence electrons. The number of nitrogens with one attached hydrogen (secondary N) is 1. The Bertz CT molecular complexity index is 326. The van der Waals surface area contributed by atoms with Gasteiger partial charge in [0.05, 0.1) is 12.5 Å². The summed E-state index contributed by atoms with van der Waals surface area (Å²) in [5.41, 5.74) is 1.12. The van der Waals surface area contributed by atoms with E-state index < -0.39 is 12.1 Å². The lowest BCUT2D eigenvalue weighted by molar-refractivity contribution is -0.139. The molecule has 0 radical (unpaired) electrons. The third-order valence-corrected chi connectivity index (χ3v) is 2.37. The minimum absolute atomic E-state index is 0.102. The second-order valence-corrected chi connectivity index (χ2v) is 3.79. The number of hydrogen-bond donors (Lipinski definition) is 3. The van der Waals surface area contributed by atoms with Crippen molar-refractivity contribution in [2.45, 2.75) is 25.5 Å². The van der Waals surface area contributed by atoms with E-state index in [1.807, 2.05) is 37.3 Å². The minimum atomic E-state index is -0.985. The van der Waals surface area contributed by atoms with Crippen LogP contribution in [0.2, 0.25) is 0 Å². The Hall–Kier alpha value is -1.39. The van der Waals surface area contributed by atoms with Crippen LogP contribution in [0, 0.1) is 0 Å². The molecule has 1 aromatic carbocycles. The molecule has 0 amide bonds. The Morgan fingerprint density at radius 3 is 2.56 bits per heavy atom. The molecular weight excluding hydrogens is 206 g/mol. The number of aliphatic hydroxyl groups is 1. The van der Waals surface area contributed by atoms with E-state index in [0.717, 1.165) is 5.56 Å². The van der Waals surface area contributed by atoms with Gasteiger partial charge in [-0.05, 0) is 12.5 Å². The summed E-state index contributed by atoms with van der Waals surface area (Å²) >= 11 is 0. The van der Waals surface area contributed by atoms with E-state index in [0.29, 0.717) is 0 Å². The zero-order chi connectivity index (χ0) is 12.0. The summed E-state index contributed by atoms with van der Waals surface area (Å²) in [7, 11) is 0. The van der Waals surface area contributed by atoms with Crippen molar-refractivity contribution in [3.05, 3.63) is 35.9 Å². The van der Waals surface area contributed by atoms with Crippen LogP contribution in [0.25, 0.3) is 0 Å². The Morgan fingerprint density at radius 1 is 1.38 bits per heavy atom. The summed E-state index contributed by atoms with van der Waals surface area (Å²) in [5, 5.41) is 20.9. The van der Waals surface area contributed by atoms with E-state index in [1.165, 1.54) is 0 Å². The van der Waals surface area contributed by atoms with E-state index in [-0.39, 0.29) is 19.0 Å². The predicted octanol–water partition coefficient (Wildman–Crippen LogP) is 1.17. The quantitative estimate of drug-likeness (QED) is 0.677. The van der Waals surface area contributed by atoms with Crippen LogP contribution in [0.15, 0.2) is 30.3 Å². The molecule has 0 fully saturated rings. The molecule has 0 bridgehead atoms. The number of rotatable bonds is 6. The van der Waals surface area contributed by atoms with E-state index in [4.69, 9.17) is 5.11 Å². The van der Waals surface area contributed by atoms with Crippen molar-refractivity contribution in [3.8, 4) is 0 Å². The molecule has 0 aromatic heterocycles. The van der Waals surface area contributed by atoms with E-state index in [2.05, 4.69) is 5.32 Å². The number of aliphatic hydroxyl groups excluding tert-OH is 1. The first-order chi connectivity index (χ1) is 7.59. The van der Waals surface area contributed by atoms with Crippen LogP contribution in [0.5, 0.6) is 0 Å². The molecule has 3 N–H and O–H groups in total. The third kappa shape index (κ3) is 4.42. The molecule has 0 aliphatic heterocycles. The number of benzene rings is 1. The van der Waals surface area contributed by atoms with Crippen molar-refractivity contribution in [3.63, 3.8) is 0 Å². The van der Waals surface area contributed by atoms with Crippen LogP contribution in [-0.4, -0.2) is 28.8 Å². The average Bonchev–Trinajstić information content (AvgIpc) is 2.26. The largest absolute Gasteiger partial charge is 0.481 e. The van der Waals surface area contributed by atoms with Gasteiger partial charge in [-0.3, -0.25) is 4.79 Å². The van der Waals surface area contributed by atoms with Crippen LogP contribution in [0.1, 0.15) is 24.9 Å². The van der Waals surface area contributed by atoms with Gasteiger partial charge < -0.3 is 15.5 Å². The highest BCUT2D eigenvalue weighted by molar-refractivity contribution is 5.67. The highest BCUT2D eigenvalue weighted by atomic mass is 16.4. The molecular formula is C12H17NO3. The standard InChI is InChI=1S/C12H17NO3/c1-9(10-5-3-2-4-6-10)13-8-11(14)7-12(15)16/h2-6,9,11,13-14H,7-8H2,1H3,(H,15,16). The number of hydrogen-bond acceptors (Lipinski definition) is 3. The lowest BCUT2D eigenvalue weighted by atomic mass is 10.1. The second-order valence-electron chi connectivity index (χ2n) is 3.79. The fraction of sp³-hybridized carbons (Fsp3) is 0.417. The van der Waals surface area contributed by atoms with Gasteiger partial charge in [0, 0.05) is 12.6 Å². The normalized spacial score (nSPS) is 14.4. The van der Waals surface area contributed by atoms with Gasteiger partial charge >= 0.3 is 5.97 Å². The molecule has 0 saturated heterocycles. The molecule has 0 heterocycles. The van der Waals surface area contributed by atoms with Crippen LogP contribution in [-0.2, 0) is 4.79 Å². The maximum atomic E-state index is 10.3. The highest BCUT2D eigenvalue weighted by Crippen LogP contribution is 2.10. The van der Waals surface area contributed by atoms with Gasteiger partial charge in [-0.2, -0.15) is 0 Å². The second kappa shape index (κ2) is 6.25. The topological polar surface area (TPSA) is 69.6 Å². The number of carbonyl (C=O) groups is 1. The van der Waals surface area contributed by atoms with Gasteiger partial charge in [0.2, 0.25) is 0 Å². The van der Waals surface area contributed by atoms with Gasteiger partial charge in [-0.1, -0.05) is 30.3 Å². The first-order valence-corrected chi connectivity index (χ1v) is 5.27. The van der Waals surface area contributed by atoms with Crippen molar-refractivity contribution >= 4 is 5.97 Å². The fourth-order valence-electron chi connectivity index (χ4n) is 1.45. The summed E-state index contributed by atoms with van der Waals surface area (Å²) in [5.74, 6) is -0.985. The maximum absolute atomic E-state index is 10.3. The molecule has 2 unspecified atom stereocenters. The van der Waals surface area contributed by atoms with Gasteiger partial charge in [0.1, 0.15) is 0 Å². The van der Waals surface area contributed by atoms with Crippen LogP contribution in [0.3, 0.4) is 0 Å². The van der Waals surface area contributed by atoms with Crippen molar-refractivity contribution in [1.82, 2.24) is 5.32 Å². The molecule has 4 heteroatoms. The summed E-state index contributed by atoms with van der Waals surface area (Å²) in [6, 6.07) is 9.91. The van der Waals surface area contributed by atoms with Crippen molar-refractivity contribution in [2.75, 3.05) is 6.54 Å². The smallest absolute Gasteiger partial charge is 0.306 e. The number of carboxylic acids is 1. The third-order valence-electron chi connectivity index (χ3n) is 2.37. The molecule has 0 saturated carbocycles. The molecule has 0 aliphatic rings. The fourth-order valence-corrected chi connectivity index (χ4v) is 1.45. The average molecular weight is 223 g/mol. The predicted molar refractivity (Wildman–Crippen MR) is 61.1 cm³/mol. The maximum Gasteiger partial charge on any atom is 0.306 e. The Balaban J connectivity index is 2.35. The zero-order valence-corrected chi connectivity index (χ0v) is 9.26. The Labute approximate surface area is 94.9 Å². The lowest BCUT2D eigenvalue weighted by Crippen LogP contribution is -2.30. The monoisotopic (exact) mass is 223 g/mol. The number of carboxylic acid groups (broad SMARTS) is 1. The summed E-state index contributed by atoms with van der Waals surface area (Å²) in [4.78, 5) is 10.3. The number of aliphatic carboxylic acids is 1. The molecule has 2 atom stereocenters. The van der Waals surface area contributed by atoms with E-state index >= 15 is 0 Å². The van der Waals surface area contributed by atoms with Gasteiger partial charge in [0.25, 0.3) is 0 Å². The van der Waals surface area contributed by atoms with E-state index in [9.17, 15) is 9.90 Å². The molecule has 4 nitrogen and oxygen atoms in total. The van der Waals surface area contributed by atoms with Gasteiger partial charge in [-0.15, -0.1) is 0 Å². The molecule has 1 aromatic rings. The summed E-state index contributed by atoms with van der Waals surface area (Å²) in [6.07, 6.45) is -1.07. The zero-order valence-electron chi connectivity index (χ0n) is 9.26. The SMILES string of the molecule is CC(NCC(O)CC(=O)O)c1ccccc1. The first-order valence-electron chi connectivity index (χ1n) is 5.27. The van der Waals surface area contributed by atoms with Crippen LogP contribution in [0.4, 0.5) is 0 Å². The molecule has 0 aliphatic carbocycles. The Kier molecular flexibility index (Phi) is 4.95.